The van der Waals surface area contributed by atoms with E-state index in [0.717, 1.165) is 18.8 Å². The van der Waals surface area contributed by atoms with Crippen LogP contribution in [0.4, 0.5) is 0 Å². The first-order valence-corrected chi connectivity index (χ1v) is 7.81. The van der Waals surface area contributed by atoms with Crippen LogP contribution in [0.1, 0.15) is 32.1 Å². The lowest BCUT2D eigenvalue weighted by atomic mass is 10.1. The lowest BCUT2D eigenvalue weighted by Crippen LogP contribution is -2.48. The van der Waals surface area contributed by atoms with Gasteiger partial charge in [0.25, 0.3) is 0 Å². The van der Waals surface area contributed by atoms with Crippen molar-refractivity contribution in [3.05, 3.63) is 0 Å². The van der Waals surface area contributed by atoms with Gasteiger partial charge < -0.3 is 10.1 Å². The second kappa shape index (κ2) is 6.12. The minimum absolute atomic E-state index is 0.208. The second-order valence-electron chi connectivity index (χ2n) is 5.00. The summed E-state index contributed by atoms with van der Waals surface area (Å²) < 4.78 is 17.8. The van der Waals surface area contributed by atoms with Gasteiger partial charge in [0.15, 0.2) is 0 Å². The Morgan fingerprint density at radius 2 is 2.06 bits per heavy atom. The van der Waals surface area contributed by atoms with Gasteiger partial charge in [-0.05, 0) is 32.2 Å². The summed E-state index contributed by atoms with van der Waals surface area (Å²) in [4.78, 5) is 0. The molecule has 0 spiro atoms. The van der Waals surface area contributed by atoms with E-state index in [0.29, 0.717) is 18.6 Å². The fourth-order valence-electron chi connectivity index (χ4n) is 2.83. The molecule has 1 aliphatic heterocycles. The molecule has 3 nitrogen and oxygen atoms in total. The molecule has 16 heavy (non-hydrogen) atoms. The SMILES string of the molecule is CNC1CCOCC1S(=O)CC1CCCC1. The van der Waals surface area contributed by atoms with Crippen LogP contribution in [-0.2, 0) is 15.5 Å². The molecule has 2 rings (SSSR count). The Hall–Kier alpha value is 0.0700. The van der Waals surface area contributed by atoms with Crippen molar-refractivity contribution in [1.29, 1.82) is 0 Å². The lowest BCUT2D eigenvalue weighted by molar-refractivity contribution is 0.0837. The average molecular weight is 245 g/mol. The fourth-order valence-corrected chi connectivity index (χ4v) is 4.77. The molecule has 0 radical (unpaired) electrons. The van der Waals surface area contributed by atoms with E-state index in [1.807, 2.05) is 7.05 Å². The van der Waals surface area contributed by atoms with Gasteiger partial charge in [0, 0.05) is 29.2 Å². The summed E-state index contributed by atoms with van der Waals surface area (Å²) >= 11 is 0. The Morgan fingerprint density at radius 3 is 2.75 bits per heavy atom. The molecule has 0 aromatic rings. The summed E-state index contributed by atoms with van der Waals surface area (Å²) in [5, 5.41) is 3.49. The lowest BCUT2D eigenvalue weighted by Gasteiger charge is -2.31. The maximum atomic E-state index is 12.3. The van der Waals surface area contributed by atoms with E-state index in [4.69, 9.17) is 4.74 Å². The zero-order chi connectivity index (χ0) is 11.4. The predicted molar refractivity (Wildman–Crippen MR) is 67.0 cm³/mol. The van der Waals surface area contributed by atoms with Gasteiger partial charge in [0.05, 0.1) is 11.9 Å². The van der Waals surface area contributed by atoms with Crippen molar-refractivity contribution in [1.82, 2.24) is 5.32 Å². The maximum Gasteiger partial charge on any atom is 0.0735 e. The van der Waals surface area contributed by atoms with Crippen LogP contribution < -0.4 is 5.32 Å². The van der Waals surface area contributed by atoms with Gasteiger partial charge in [-0.1, -0.05) is 12.8 Å². The van der Waals surface area contributed by atoms with Crippen LogP contribution in [0.2, 0.25) is 0 Å². The molecule has 94 valence electrons. The van der Waals surface area contributed by atoms with Crippen LogP contribution in [0.25, 0.3) is 0 Å². The van der Waals surface area contributed by atoms with Crippen molar-refractivity contribution < 1.29 is 8.95 Å². The van der Waals surface area contributed by atoms with Gasteiger partial charge in [-0.25, -0.2) is 0 Å². The van der Waals surface area contributed by atoms with Gasteiger partial charge in [-0.15, -0.1) is 0 Å². The Labute approximate surface area is 101 Å². The molecule has 1 saturated carbocycles. The van der Waals surface area contributed by atoms with Crippen molar-refractivity contribution in [2.24, 2.45) is 5.92 Å². The topological polar surface area (TPSA) is 38.3 Å². The highest BCUT2D eigenvalue weighted by atomic mass is 32.2. The van der Waals surface area contributed by atoms with Gasteiger partial charge in [-0.2, -0.15) is 0 Å². The first kappa shape index (κ1) is 12.5. The monoisotopic (exact) mass is 245 g/mol. The quantitative estimate of drug-likeness (QED) is 0.811. The van der Waals surface area contributed by atoms with Crippen LogP contribution in [0.3, 0.4) is 0 Å². The minimum atomic E-state index is -0.714. The standard InChI is InChI=1S/C12H23NO2S/c1-13-11-6-7-15-8-12(11)16(14)9-10-4-2-3-5-10/h10-13H,2-9H2,1H3. The largest absolute Gasteiger partial charge is 0.380 e. The fraction of sp³-hybridized carbons (Fsp3) is 1.00. The van der Waals surface area contributed by atoms with E-state index in [1.54, 1.807) is 0 Å². The van der Waals surface area contributed by atoms with Crippen LogP contribution in [0, 0.1) is 5.92 Å². The molecule has 0 aromatic carbocycles. The highest BCUT2D eigenvalue weighted by Gasteiger charge is 2.31. The smallest absolute Gasteiger partial charge is 0.0735 e. The van der Waals surface area contributed by atoms with E-state index in [-0.39, 0.29) is 5.25 Å². The summed E-state index contributed by atoms with van der Waals surface area (Å²) in [6.07, 6.45) is 6.22. The third kappa shape index (κ3) is 3.05. The Morgan fingerprint density at radius 1 is 1.31 bits per heavy atom. The molecule has 0 aromatic heterocycles. The first-order chi connectivity index (χ1) is 7.81. The van der Waals surface area contributed by atoms with Crippen molar-refractivity contribution >= 4 is 10.8 Å². The minimum Gasteiger partial charge on any atom is -0.380 e. The van der Waals surface area contributed by atoms with E-state index in [1.165, 1.54) is 25.7 Å². The number of hydrogen-bond donors (Lipinski definition) is 1. The summed E-state index contributed by atoms with van der Waals surface area (Å²) in [6, 6.07) is 0.385. The molecular formula is C12H23NO2S. The van der Waals surface area contributed by atoms with Crippen molar-refractivity contribution in [2.75, 3.05) is 26.0 Å². The Kier molecular flexibility index (Phi) is 4.79. The molecule has 0 amide bonds. The van der Waals surface area contributed by atoms with Gasteiger partial charge in [0.2, 0.25) is 0 Å². The summed E-state index contributed by atoms with van der Waals surface area (Å²) in [6.45, 7) is 1.48. The molecule has 0 bridgehead atoms. The van der Waals surface area contributed by atoms with E-state index in [9.17, 15) is 4.21 Å². The third-order valence-electron chi connectivity index (χ3n) is 3.89. The zero-order valence-corrected chi connectivity index (χ0v) is 10.9. The van der Waals surface area contributed by atoms with Crippen molar-refractivity contribution in [2.45, 2.75) is 43.4 Å². The third-order valence-corrected chi connectivity index (χ3v) is 5.83. The van der Waals surface area contributed by atoms with E-state index >= 15 is 0 Å². The zero-order valence-electron chi connectivity index (χ0n) is 10.1. The number of hydrogen-bond acceptors (Lipinski definition) is 3. The highest BCUT2D eigenvalue weighted by Crippen LogP contribution is 2.27. The van der Waals surface area contributed by atoms with Crippen LogP contribution in [-0.4, -0.2) is 41.5 Å². The Bertz CT molecular complexity index is 241. The Balaban J connectivity index is 1.86. The summed E-state index contributed by atoms with van der Waals surface area (Å²) in [5.41, 5.74) is 0. The van der Waals surface area contributed by atoms with E-state index < -0.39 is 10.8 Å². The maximum absolute atomic E-state index is 12.3. The average Bonchev–Trinajstić information content (AvgIpc) is 2.81. The summed E-state index contributed by atoms with van der Waals surface area (Å²) in [5.74, 6) is 1.60. The van der Waals surface area contributed by atoms with Gasteiger partial charge >= 0.3 is 0 Å². The molecule has 4 heteroatoms. The van der Waals surface area contributed by atoms with Crippen LogP contribution in [0.15, 0.2) is 0 Å². The number of ether oxygens (including phenoxy) is 1. The second-order valence-corrected chi connectivity index (χ2v) is 6.70. The molecule has 2 aliphatic rings. The first-order valence-electron chi connectivity index (χ1n) is 6.43. The molecule has 3 unspecified atom stereocenters. The molecule has 2 fully saturated rings. The molecule has 3 atom stereocenters. The molecule has 1 aliphatic carbocycles. The van der Waals surface area contributed by atoms with Gasteiger partial charge in [0.1, 0.15) is 0 Å². The predicted octanol–water partition coefficient (Wildman–Crippen LogP) is 1.30. The van der Waals surface area contributed by atoms with Crippen LogP contribution >= 0.6 is 0 Å². The van der Waals surface area contributed by atoms with Gasteiger partial charge in [-0.3, -0.25) is 4.21 Å². The molecular weight excluding hydrogens is 222 g/mol. The van der Waals surface area contributed by atoms with Crippen molar-refractivity contribution in [3.63, 3.8) is 0 Å². The van der Waals surface area contributed by atoms with E-state index in [2.05, 4.69) is 5.32 Å². The number of rotatable bonds is 4. The molecule has 1 saturated heterocycles. The van der Waals surface area contributed by atoms with Crippen LogP contribution in [0.5, 0.6) is 0 Å². The van der Waals surface area contributed by atoms with Crippen molar-refractivity contribution in [3.8, 4) is 0 Å². The molecule has 1 heterocycles. The molecule has 1 N–H and O–H groups in total. The highest BCUT2D eigenvalue weighted by molar-refractivity contribution is 7.85. The normalized spacial score (nSPS) is 34.1. The summed E-state index contributed by atoms with van der Waals surface area (Å²) in [7, 11) is 1.25. The number of nitrogens with one attached hydrogen (secondary N) is 1.